The summed E-state index contributed by atoms with van der Waals surface area (Å²) in [6.45, 7) is 5.15. The van der Waals surface area contributed by atoms with Gasteiger partial charge < -0.3 is 4.90 Å². The lowest BCUT2D eigenvalue weighted by molar-refractivity contribution is 0.0724. The normalized spacial score (nSPS) is 15.7. The molecular formula is C14H16FNO. The maximum atomic E-state index is 13.3. The number of amides is 1. The van der Waals surface area contributed by atoms with E-state index in [4.69, 9.17) is 0 Å². The van der Waals surface area contributed by atoms with Gasteiger partial charge in [0.15, 0.2) is 0 Å². The van der Waals surface area contributed by atoms with Gasteiger partial charge in [-0.15, -0.1) is 0 Å². The monoisotopic (exact) mass is 233 g/mol. The molecule has 0 saturated carbocycles. The summed E-state index contributed by atoms with van der Waals surface area (Å²) in [6, 6.07) is 4.36. The molecule has 1 saturated heterocycles. The molecule has 0 aromatic heterocycles. The highest BCUT2D eigenvalue weighted by molar-refractivity contribution is 5.94. The minimum Gasteiger partial charge on any atom is -0.339 e. The van der Waals surface area contributed by atoms with Crippen molar-refractivity contribution in [3.8, 4) is 0 Å². The predicted octanol–water partition coefficient (Wildman–Crippen LogP) is 3.09. The molecule has 3 heteroatoms. The molecule has 90 valence electrons. The standard InChI is InChI=1S/C14H16FNO/c1-2-11-8-12(10-13(15)9-11)14(17)16-6-4-3-5-7-16/h2,8-10H,1,3-7H2. The molecule has 1 amide bonds. The molecule has 0 aliphatic carbocycles. The van der Waals surface area contributed by atoms with E-state index in [0.29, 0.717) is 11.1 Å². The fourth-order valence-corrected chi connectivity index (χ4v) is 2.13. The molecular weight excluding hydrogens is 217 g/mol. The number of piperidine rings is 1. The highest BCUT2D eigenvalue weighted by Crippen LogP contribution is 2.16. The number of rotatable bonds is 2. The molecule has 17 heavy (non-hydrogen) atoms. The zero-order chi connectivity index (χ0) is 12.3. The number of hydrogen-bond donors (Lipinski definition) is 0. The van der Waals surface area contributed by atoms with Crippen molar-refractivity contribution >= 4 is 12.0 Å². The lowest BCUT2D eigenvalue weighted by Gasteiger charge is -2.26. The second kappa shape index (κ2) is 5.13. The van der Waals surface area contributed by atoms with Crippen LogP contribution < -0.4 is 0 Å². The Bertz CT molecular complexity index is 436. The van der Waals surface area contributed by atoms with Gasteiger partial charge in [-0.05, 0) is 43.0 Å². The Balaban J connectivity index is 2.23. The number of carbonyl (C=O) groups excluding carboxylic acids is 1. The third-order valence-corrected chi connectivity index (χ3v) is 3.05. The summed E-state index contributed by atoms with van der Waals surface area (Å²) in [7, 11) is 0. The first-order chi connectivity index (χ1) is 8.20. The Kier molecular flexibility index (Phi) is 3.57. The highest BCUT2D eigenvalue weighted by Gasteiger charge is 2.18. The van der Waals surface area contributed by atoms with Crippen LogP contribution in [0.15, 0.2) is 24.8 Å². The average molecular weight is 233 g/mol. The van der Waals surface area contributed by atoms with Crippen molar-refractivity contribution in [1.82, 2.24) is 4.90 Å². The topological polar surface area (TPSA) is 20.3 Å². The van der Waals surface area contributed by atoms with Crippen molar-refractivity contribution < 1.29 is 9.18 Å². The van der Waals surface area contributed by atoms with Gasteiger partial charge in [0.1, 0.15) is 5.82 Å². The number of benzene rings is 1. The Hall–Kier alpha value is -1.64. The van der Waals surface area contributed by atoms with E-state index in [1.807, 2.05) is 0 Å². The second-order valence-corrected chi connectivity index (χ2v) is 4.33. The van der Waals surface area contributed by atoms with Crippen molar-refractivity contribution in [3.63, 3.8) is 0 Å². The molecule has 2 nitrogen and oxygen atoms in total. The van der Waals surface area contributed by atoms with Crippen LogP contribution in [0.3, 0.4) is 0 Å². The van der Waals surface area contributed by atoms with Crippen molar-refractivity contribution in [2.75, 3.05) is 13.1 Å². The summed E-state index contributed by atoms with van der Waals surface area (Å²) in [4.78, 5) is 13.9. The minimum atomic E-state index is -0.386. The number of hydrogen-bond acceptors (Lipinski definition) is 1. The molecule has 0 unspecified atom stereocenters. The van der Waals surface area contributed by atoms with E-state index in [0.717, 1.165) is 25.9 Å². The van der Waals surface area contributed by atoms with E-state index in [1.165, 1.54) is 18.6 Å². The number of likely N-dealkylation sites (tertiary alicyclic amines) is 1. The quantitative estimate of drug-likeness (QED) is 0.768. The van der Waals surface area contributed by atoms with Crippen LogP contribution in [-0.2, 0) is 0 Å². The van der Waals surface area contributed by atoms with Gasteiger partial charge in [0, 0.05) is 18.7 Å². The van der Waals surface area contributed by atoms with Crippen LogP contribution >= 0.6 is 0 Å². The average Bonchev–Trinajstić information content (AvgIpc) is 2.38. The number of carbonyl (C=O) groups is 1. The molecule has 1 fully saturated rings. The largest absolute Gasteiger partial charge is 0.339 e. The van der Waals surface area contributed by atoms with Crippen LogP contribution in [0.2, 0.25) is 0 Å². The van der Waals surface area contributed by atoms with Gasteiger partial charge >= 0.3 is 0 Å². The van der Waals surface area contributed by atoms with E-state index >= 15 is 0 Å². The first-order valence-electron chi connectivity index (χ1n) is 5.93. The summed E-state index contributed by atoms with van der Waals surface area (Å²) in [5.41, 5.74) is 1.06. The molecule has 1 aromatic carbocycles. The summed E-state index contributed by atoms with van der Waals surface area (Å²) in [5, 5.41) is 0. The molecule has 1 aromatic rings. The molecule has 0 bridgehead atoms. The molecule has 1 aliphatic heterocycles. The Morgan fingerprint density at radius 3 is 2.59 bits per heavy atom. The highest BCUT2D eigenvalue weighted by atomic mass is 19.1. The maximum Gasteiger partial charge on any atom is 0.253 e. The smallest absolute Gasteiger partial charge is 0.253 e. The van der Waals surface area contributed by atoms with E-state index < -0.39 is 0 Å². The molecule has 2 rings (SSSR count). The first kappa shape index (κ1) is 11.8. The van der Waals surface area contributed by atoms with E-state index in [-0.39, 0.29) is 11.7 Å². The molecule has 0 atom stereocenters. The van der Waals surface area contributed by atoms with Gasteiger partial charge in [-0.3, -0.25) is 4.79 Å². The Labute approximate surface area is 101 Å². The minimum absolute atomic E-state index is 0.0766. The zero-order valence-corrected chi connectivity index (χ0v) is 9.79. The summed E-state index contributed by atoms with van der Waals surface area (Å²) in [5.74, 6) is -0.463. The van der Waals surface area contributed by atoms with Crippen LogP contribution in [0.25, 0.3) is 6.08 Å². The van der Waals surface area contributed by atoms with Crippen LogP contribution in [-0.4, -0.2) is 23.9 Å². The van der Waals surface area contributed by atoms with Crippen LogP contribution in [0.1, 0.15) is 35.2 Å². The van der Waals surface area contributed by atoms with E-state index in [9.17, 15) is 9.18 Å². The lowest BCUT2D eigenvalue weighted by atomic mass is 10.1. The predicted molar refractivity (Wildman–Crippen MR) is 66.2 cm³/mol. The summed E-state index contributed by atoms with van der Waals surface area (Å²) in [6.07, 6.45) is 4.80. The third kappa shape index (κ3) is 2.73. The van der Waals surface area contributed by atoms with Crippen LogP contribution in [0.5, 0.6) is 0 Å². The lowest BCUT2D eigenvalue weighted by Crippen LogP contribution is -2.35. The number of halogens is 1. The molecule has 0 spiro atoms. The van der Waals surface area contributed by atoms with Crippen molar-refractivity contribution in [2.45, 2.75) is 19.3 Å². The van der Waals surface area contributed by atoms with Crippen LogP contribution in [0, 0.1) is 5.82 Å². The zero-order valence-electron chi connectivity index (χ0n) is 9.79. The Morgan fingerprint density at radius 1 is 1.24 bits per heavy atom. The van der Waals surface area contributed by atoms with Crippen molar-refractivity contribution in [3.05, 3.63) is 41.7 Å². The van der Waals surface area contributed by atoms with E-state index in [1.54, 1.807) is 17.0 Å². The second-order valence-electron chi connectivity index (χ2n) is 4.33. The summed E-state index contributed by atoms with van der Waals surface area (Å²) < 4.78 is 13.3. The van der Waals surface area contributed by atoms with Crippen LogP contribution in [0.4, 0.5) is 4.39 Å². The van der Waals surface area contributed by atoms with Gasteiger partial charge in [0.05, 0.1) is 0 Å². The molecule has 0 N–H and O–H groups in total. The summed E-state index contributed by atoms with van der Waals surface area (Å²) >= 11 is 0. The fraction of sp³-hybridized carbons (Fsp3) is 0.357. The molecule has 1 heterocycles. The fourth-order valence-electron chi connectivity index (χ4n) is 2.13. The van der Waals surface area contributed by atoms with Gasteiger partial charge in [0.2, 0.25) is 0 Å². The third-order valence-electron chi connectivity index (χ3n) is 3.05. The van der Waals surface area contributed by atoms with Gasteiger partial charge in [-0.25, -0.2) is 4.39 Å². The SMILES string of the molecule is C=Cc1cc(F)cc(C(=O)N2CCCCC2)c1. The van der Waals surface area contributed by atoms with E-state index in [2.05, 4.69) is 6.58 Å². The van der Waals surface area contributed by atoms with Gasteiger partial charge in [-0.1, -0.05) is 12.7 Å². The maximum absolute atomic E-state index is 13.3. The van der Waals surface area contributed by atoms with Crippen molar-refractivity contribution in [2.24, 2.45) is 0 Å². The first-order valence-corrected chi connectivity index (χ1v) is 5.93. The Morgan fingerprint density at radius 2 is 1.94 bits per heavy atom. The van der Waals surface area contributed by atoms with Crippen molar-refractivity contribution in [1.29, 1.82) is 0 Å². The number of nitrogens with zero attached hydrogens (tertiary/aromatic N) is 1. The molecule has 1 aliphatic rings. The van der Waals surface area contributed by atoms with Gasteiger partial charge in [0.25, 0.3) is 5.91 Å². The molecule has 0 radical (unpaired) electrons. The van der Waals surface area contributed by atoms with Gasteiger partial charge in [-0.2, -0.15) is 0 Å².